The highest BCUT2D eigenvalue weighted by Crippen LogP contribution is 2.30. The lowest BCUT2D eigenvalue weighted by molar-refractivity contribution is -0.385. The largest absolute Gasteiger partial charge is 0.459 e. The van der Waals surface area contributed by atoms with Gasteiger partial charge >= 0.3 is 11.9 Å². The molecule has 2 aliphatic rings. The van der Waals surface area contributed by atoms with Gasteiger partial charge in [-0.3, -0.25) is 29.8 Å². The monoisotopic (exact) mass is 702 g/mol. The lowest BCUT2D eigenvalue weighted by Gasteiger charge is -2.27. The number of carbonyl (C=O) groups excluding carboxylic acids is 4. The Morgan fingerprint density at radius 1 is 0.708 bits per heavy atom. The molecule has 48 heavy (non-hydrogen) atoms. The van der Waals surface area contributed by atoms with Crippen LogP contribution in [0.5, 0.6) is 0 Å². The van der Waals surface area contributed by atoms with Gasteiger partial charge in [-0.25, -0.2) is 9.59 Å². The summed E-state index contributed by atoms with van der Waals surface area (Å²) in [6.07, 6.45) is 2.36. The minimum atomic E-state index is -0.678. The van der Waals surface area contributed by atoms with Gasteiger partial charge in [0, 0.05) is 60.7 Å². The summed E-state index contributed by atoms with van der Waals surface area (Å²) in [6, 6.07) is 10.1. The summed E-state index contributed by atoms with van der Waals surface area (Å²) in [5, 5.41) is 21.7. The number of rotatable bonds is 15. The number of nitro groups is 2. The van der Waals surface area contributed by atoms with Gasteiger partial charge in [-0.05, 0) is 61.1 Å². The summed E-state index contributed by atoms with van der Waals surface area (Å²) in [7, 11) is 2.95. The van der Waals surface area contributed by atoms with Crippen LogP contribution in [0.4, 0.5) is 11.4 Å². The molecule has 0 saturated carbocycles. The van der Waals surface area contributed by atoms with E-state index in [1.807, 2.05) is 0 Å². The smallest absolute Gasteiger partial charge is 0.329 e. The molecule has 0 aliphatic carbocycles. The molecule has 258 valence electrons. The Balaban J connectivity index is 1.17. The molecule has 2 saturated heterocycles. The molecule has 2 aromatic rings. The summed E-state index contributed by atoms with van der Waals surface area (Å²) >= 11 is 0. The molecule has 2 fully saturated rings. The van der Waals surface area contributed by atoms with Gasteiger partial charge in [0.2, 0.25) is 11.8 Å². The topological polar surface area (TPSA) is 179 Å². The average molecular weight is 703 g/mol. The highest BCUT2D eigenvalue weighted by Gasteiger charge is 2.38. The third-order valence-electron chi connectivity index (χ3n) is 8.23. The van der Waals surface area contributed by atoms with E-state index in [0.717, 1.165) is 0 Å². The zero-order valence-electron chi connectivity index (χ0n) is 26.7. The van der Waals surface area contributed by atoms with Crippen molar-refractivity contribution in [3.05, 3.63) is 79.9 Å². The third-order valence-corrected chi connectivity index (χ3v) is 11.0. The van der Waals surface area contributed by atoms with E-state index in [4.69, 9.17) is 9.47 Å². The molecule has 0 N–H and O–H groups in total. The minimum Gasteiger partial charge on any atom is -0.459 e. The first kappa shape index (κ1) is 36.7. The van der Waals surface area contributed by atoms with Crippen molar-refractivity contribution in [2.45, 2.75) is 64.8 Å². The number of hydrogen-bond donors (Lipinski definition) is 0. The molecule has 0 spiro atoms. The first-order valence-corrected chi connectivity index (χ1v) is 18.1. The summed E-state index contributed by atoms with van der Waals surface area (Å²) in [5.74, 6) is -1.08. The van der Waals surface area contributed by atoms with Crippen LogP contribution < -0.4 is 0 Å². The van der Waals surface area contributed by atoms with Gasteiger partial charge < -0.3 is 19.3 Å². The van der Waals surface area contributed by atoms with Crippen LogP contribution in [0.25, 0.3) is 0 Å². The van der Waals surface area contributed by atoms with Crippen molar-refractivity contribution in [2.24, 2.45) is 11.8 Å². The standard InChI is InChI=1S/C32H38N4O10S2/c1-21(29(37)33-15-3-5-27(33)31(39)45-17-23-7-11-25(12-8-23)35(41)42)19-47-48-20-22(2)30(38)34-16-4-6-28(34)32(40)46-18-24-9-13-26(14-10-24)36(43)44/h7-14,21-22,27-28H,3-6,15-20H2,1-2H3/t21?,22?,27-,28-/m0/s1. The molecule has 2 amide bonds. The number of non-ortho nitro benzene ring substituents is 2. The van der Waals surface area contributed by atoms with Crippen LogP contribution in [0, 0.1) is 32.1 Å². The zero-order chi connectivity index (χ0) is 34.8. The molecule has 2 aliphatic heterocycles. The Kier molecular flexibility index (Phi) is 13.2. The van der Waals surface area contributed by atoms with Crippen molar-refractivity contribution >= 4 is 56.7 Å². The number of likely N-dealkylation sites (tertiary alicyclic amines) is 2. The molecule has 0 radical (unpaired) electrons. The minimum absolute atomic E-state index is 0.0458. The SMILES string of the molecule is CC(CSSCC(C)C(=O)N1CCC[C@H]1C(=O)OCc1ccc([N+](=O)[O-])cc1)C(=O)N1CCC[C@H]1C(=O)OCc1ccc([N+](=O)[O-])cc1. The molecule has 0 aromatic heterocycles. The lowest BCUT2D eigenvalue weighted by Crippen LogP contribution is -2.44. The van der Waals surface area contributed by atoms with Gasteiger partial charge in [0.15, 0.2) is 0 Å². The second-order valence-electron chi connectivity index (χ2n) is 11.8. The molecule has 2 heterocycles. The number of nitrogens with zero attached hydrogens (tertiary/aromatic N) is 4. The van der Waals surface area contributed by atoms with Gasteiger partial charge in [0.25, 0.3) is 11.4 Å². The molecule has 16 heteroatoms. The number of carbonyl (C=O) groups is 4. The maximum absolute atomic E-state index is 13.2. The van der Waals surface area contributed by atoms with Crippen LogP contribution >= 0.6 is 21.6 Å². The molecule has 2 aromatic carbocycles. The molecule has 0 bridgehead atoms. The van der Waals surface area contributed by atoms with Crippen molar-refractivity contribution in [3.8, 4) is 0 Å². The Morgan fingerprint density at radius 3 is 1.40 bits per heavy atom. The Bertz CT molecular complexity index is 1380. The average Bonchev–Trinajstić information content (AvgIpc) is 3.78. The van der Waals surface area contributed by atoms with E-state index >= 15 is 0 Å². The predicted molar refractivity (Wildman–Crippen MR) is 178 cm³/mol. The Morgan fingerprint density at radius 2 is 1.06 bits per heavy atom. The first-order chi connectivity index (χ1) is 23.0. The van der Waals surface area contributed by atoms with Crippen molar-refractivity contribution < 1.29 is 38.5 Å². The van der Waals surface area contributed by atoms with Gasteiger partial charge in [-0.1, -0.05) is 35.4 Å². The summed E-state index contributed by atoms with van der Waals surface area (Å²) in [6.45, 7) is 4.43. The van der Waals surface area contributed by atoms with Crippen LogP contribution in [-0.4, -0.2) is 80.1 Å². The van der Waals surface area contributed by atoms with E-state index in [2.05, 4.69) is 0 Å². The van der Waals surface area contributed by atoms with Crippen molar-refractivity contribution in [1.29, 1.82) is 0 Å². The highest BCUT2D eigenvalue weighted by molar-refractivity contribution is 8.76. The quantitative estimate of drug-likeness (QED) is 0.0805. The van der Waals surface area contributed by atoms with E-state index in [-0.39, 0.29) is 48.2 Å². The molecule has 2 unspecified atom stereocenters. The maximum atomic E-state index is 13.2. The Labute approximate surface area is 285 Å². The van der Waals surface area contributed by atoms with Crippen LogP contribution in [0.1, 0.15) is 50.7 Å². The fourth-order valence-electron chi connectivity index (χ4n) is 5.49. The number of ether oxygens (including phenoxy) is 2. The predicted octanol–water partition coefficient (Wildman–Crippen LogP) is 4.93. The third kappa shape index (κ3) is 9.69. The van der Waals surface area contributed by atoms with Crippen molar-refractivity contribution in [2.75, 3.05) is 24.6 Å². The van der Waals surface area contributed by atoms with Crippen LogP contribution in [-0.2, 0) is 41.9 Å². The Hall–Kier alpha value is -4.18. The van der Waals surface area contributed by atoms with Crippen LogP contribution in [0.2, 0.25) is 0 Å². The normalized spacial score (nSPS) is 18.6. The van der Waals surface area contributed by atoms with E-state index in [9.17, 15) is 39.4 Å². The summed E-state index contributed by atoms with van der Waals surface area (Å²) in [5.41, 5.74) is 1.11. The van der Waals surface area contributed by atoms with Gasteiger partial charge in [0.05, 0.1) is 9.85 Å². The fourth-order valence-corrected chi connectivity index (χ4v) is 8.18. The molecular formula is C32H38N4O10S2. The fraction of sp³-hybridized carbons (Fsp3) is 0.500. The lowest BCUT2D eigenvalue weighted by atomic mass is 10.1. The molecule has 14 nitrogen and oxygen atoms in total. The second kappa shape index (κ2) is 17.3. The van der Waals surface area contributed by atoms with E-state index < -0.39 is 33.9 Å². The molecule has 4 atom stereocenters. The van der Waals surface area contributed by atoms with Crippen molar-refractivity contribution in [1.82, 2.24) is 9.80 Å². The van der Waals surface area contributed by atoms with Crippen LogP contribution in [0.15, 0.2) is 48.5 Å². The van der Waals surface area contributed by atoms with Gasteiger partial charge in [0.1, 0.15) is 25.3 Å². The maximum Gasteiger partial charge on any atom is 0.329 e. The number of esters is 2. The summed E-state index contributed by atoms with van der Waals surface area (Å²) in [4.78, 5) is 75.9. The number of benzene rings is 2. The summed E-state index contributed by atoms with van der Waals surface area (Å²) < 4.78 is 10.9. The van der Waals surface area contributed by atoms with E-state index in [0.29, 0.717) is 61.4 Å². The zero-order valence-corrected chi connectivity index (χ0v) is 28.3. The van der Waals surface area contributed by atoms with E-state index in [1.165, 1.54) is 70.1 Å². The first-order valence-electron chi connectivity index (χ1n) is 15.6. The van der Waals surface area contributed by atoms with Crippen LogP contribution in [0.3, 0.4) is 0 Å². The number of nitro benzene ring substituents is 2. The number of hydrogen-bond acceptors (Lipinski definition) is 12. The van der Waals surface area contributed by atoms with Gasteiger partial charge in [-0.15, -0.1) is 0 Å². The van der Waals surface area contributed by atoms with E-state index in [1.54, 1.807) is 23.6 Å². The molecular weight excluding hydrogens is 665 g/mol. The van der Waals surface area contributed by atoms with Gasteiger partial charge in [-0.2, -0.15) is 0 Å². The second-order valence-corrected chi connectivity index (χ2v) is 14.4. The molecule has 4 rings (SSSR count). The number of amides is 2. The highest BCUT2D eigenvalue weighted by atomic mass is 33.1. The van der Waals surface area contributed by atoms with Crippen molar-refractivity contribution in [3.63, 3.8) is 0 Å².